The predicted molar refractivity (Wildman–Crippen MR) is 292 cm³/mol. The Hall–Kier alpha value is -2.18. The zero-order valence-electron chi connectivity index (χ0n) is 44.6. The lowest BCUT2D eigenvalue weighted by atomic mass is 10.0. The van der Waals surface area contributed by atoms with Crippen LogP contribution in [0.4, 0.5) is 0 Å². The number of carbonyl (C=O) groups excluding carboxylic acids is 2. The predicted octanol–water partition coefficient (Wildman–Crippen LogP) is 18.2. The second-order valence-corrected chi connectivity index (χ2v) is 20.0. The van der Waals surface area contributed by atoms with Crippen molar-refractivity contribution in [1.82, 2.24) is 5.32 Å². The minimum absolute atomic E-state index is 0.0215. The molecular formula is C61H113NO5. The van der Waals surface area contributed by atoms with E-state index >= 15 is 0 Å². The molecule has 0 radical (unpaired) electrons. The number of amides is 1. The summed E-state index contributed by atoms with van der Waals surface area (Å²) in [5.41, 5.74) is 0. The van der Waals surface area contributed by atoms with Gasteiger partial charge in [-0.25, -0.2) is 0 Å². The summed E-state index contributed by atoms with van der Waals surface area (Å²) in [5.74, 6) is -0.169. The maximum atomic E-state index is 12.4. The molecule has 6 nitrogen and oxygen atoms in total. The average molecular weight is 941 g/mol. The van der Waals surface area contributed by atoms with Crippen LogP contribution in [0.5, 0.6) is 0 Å². The highest BCUT2D eigenvalue weighted by Gasteiger charge is 2.17. The molecule has 1 amide bonds. The first kappa shape index (κ1) is 64.8. The van der Waals surface area contributed by atoms with Crippen molar-refractivity contribution in [3.8, 4) is 0 Å². The lowest BCUT2D eigenvalue weighted by Crippen LogP contribution is -2.45. The maximum Gasteiger partial charge on any atom is 0.305 e. The van der Waals surface area contributed by atoms with Gasteiger partial charge in [-0.3, -0.25) is 9.59 Å². The van der Waals surface area contributed by atoms with Crippen LogP contribution >= 0.6 is 0 Å². The second kappa shape index (κ2) is 56.4. The number of ether oxygens (including phenoxy) is 1. The highest BCUT2D eigenvalue weighted by atomic mass is 16.5. The maximum absolute atomic E-state index is 12.4. The van der Waals surface area contributed by atoms with Crippen molar-refractivity contribution in [3.05, 3.63) is 48.6 Å². The first-order valence-electron chi connectivity index (χ1n) is 29.4. The molecule has 0 aliphatic carbocycles. The first-order valence-corrected chi connectivity index (χ1v) is 29.4. The quantitative estimate of drug-likeness (QED) is 0.0321. The van der Waals surface area contributed by atoms with Crippen LogP contribution in [0.25, 0.3) is 0 Å². The van der Waals surface area contributed by atoms with E-state index in [9.17, 15) is 19.8 Å². The number of hydrogen-bond acceptors (Lipinski definition) is 5. The third-order valence-corrected chi connectivity index (χ3v) is 13.3. The van der Waals surface area contributed by atoms with E-state index in [0.717, 1.165) is 51.4 Å². The molecular weight excluding hydrogens is 827 g/mol. The number of hydrogen-bond donors (Lipinski definition) is 3. The summed E-state index contributed by atoms with van der Waals surface area (Å²) in [6, 6.07) is -0.673. The van der Waals surface area contributed by atoms with Crippen molar-refractivity contribution in [3.63, 3.8) is 0 Å². The molecule has 0 aliphatic rings. The molecule has 3 N–H and O–H groups in total. The summed E-state index contributed by atoms with van der Waals surface area (Å²) in [4.78, 5) is 24.5. The Morgan fingerprint density at radius 3 is 1.18 bits per heavy atom. The zero-order valence-corrected chi connectivity index (χ0v) is 44.6. The largest absolute Gasteiger partial charge is 0.466 e. The van der Waals surface area contributed by atoms with Crippen LogP contribution in [-0.4, -0.2) is 47.4 Å². The van der Waals surface area contributed by atoms with E-state index in [2.05, 4.69) is 49.5 Å². The summed E-state index contributed by atoms with van der Waals surface area (Å²) < 4.78 is 5.47. The Labute approximate surface area is 416 Å². The molecule has 0 rings (SSSR count). The Bertz CT molecular complexity index is 1130. The standard InChI is InChI=1S/C61H113NO5/c1-3-5-7-9-11-13-15-17-19-21-23-24-26-29-33-37-41-45-49-53-59(64)58(57-63)62-60(65)54-50-46-42-38-34-30-28-32-36-40-44-48-52-56-67-61(66)55-51-47-43-39-35-31-27-25-22-20-18-16-14-12-10-8-6-4-2/h20,22,30,34,42,46,49,53,58-59,63-64H,3-19,21,23-29,31-33,35-41,43-45,47-48,50-52,54-57H2,1-2H3,(H,62,65)/b22-20-,34-30-,46-42-,53-49+. The molecule has 0 aliphatic heterocycles. The van der Waals surface area contributed by atoms with E-state index in [4.69, 9.17) is 4.74 Å². The van der Waals surface area contributed by atoms with Crippen LogP contribution in [0.15, 0.2) is 48.6 Å². The van der Waals surface area contributed by atoms with E-state index in [1.807, 2.05) is 12.2 Å². The van der Waals surface area contributed by atoms with Gasteiger partial charge in [0, 0.05) is 12.8 Å². The number of rotatable bonds is 54. The first-order chi connectivity index (χ1) is 33.0. The van der Waals surface area contributed by atoms with Gasteiger partial charge in [-0.1, -0.05) is 262 Å². The van der Waals surface area contributed by atoms with Crippen LogP contribution in [0.1, 0.15) is 303 Å². The molecule has 0 aromatic rings. The fourth-order valence-electron chi connectivity index (χ4n) is 8.80. The summed E-state index contributed by atoms with van der Waals surface area (Å²) >= 11 is 0. The van der Waals surface area contributed by atoms with Crippen LogP contribution < -0.4 is 5.32 Å². The van der Waals surface area contributed by atoms with Gasteiger partial charge < -0.3 is 20.3 Å². The minimum Gasteiger partial charge on any atom is -0.466 e. The molecule has 67 heavy (non-hydrogen) atoms. The number of aliphatic hydroxyl groups excluding tert-OH is 2. The highest BCUT2D eigenvalue weighted by Crippen LogP contribution is 2.16. The van der Waals surface area contributed by atoms with E-state index in [0.29, 0.717) is 25.9 Å². The van der Waals surface area contributed by atoms with Crippen molar-refractivity contribution in [1.29, 1.82) is 0 Å². The van der Waals surface area contributed by atoms with Crippen molar-refractivity contribution < 1.29 is 24.5 Å². The van der Waals surface area contributed by atoms with Gasteiger partial charge >= 0.3 is 5.97 Å². The molecule has 6 heteroatoms. The number of allylic oxidation sites excluding steroid dienone is 7. The second-order valence-electron chi connectivity index (χ2n) is 20.0. The van der Waals surface area contributed by atoms with E-state index < -0.39 is 12.1 Å². The van der Waals surface area contributed by atoms with Gasteiger partial charge in [0.2, 0.25) is 5.91 Å². The Morgan fingerprint density at radius 2 is 0.761 bits per heavy atom. The van der Waals surface area contributed by atoms with E-state index in [1.54, 1.807) is 6.08 Å². The fourth-order valence-corrected chi connectivity index (χ4v) is 8.80. The normalized spacial score (nSPS) is 13.0. The number of nitrogens with one attached hydrogen (secondary N) is 1. The topological polar surface area (TPSA) is 95.9 Å². The minimum atomic E-state index is -0.881. The molecule has 0 heterocycles. The molecule has 0 aromatic carbocycles. The lowest BCUT2D eigenvalue weighted by Gasteiger charge is -2.19. The summed E-state index contributed by atoms with van der Waals surface area (Å²) in [6.07, 6.45) is 71.5. The summed E-state index contributed by atoms with van der Waals surface area (Å²) in [6.45, 7) is 4.84. The molecule has 0 fully saturated rings. The smallest absolute Gasteiger partial charge is 0.305 e. The molecule has 0 aromatic heterocycles. The Balaban J connectivity index is 3.56. The van der Waals surface area contributed by atoms with E-state index in [1.165, 1.54) is 218 Å². The number of aliphatic hydroxyl groups is 2. The van der Waals surface area contributed by atoms with Gasteiger partial charge in [-0.05, 0) is 77.0 Å². The monoisotopic (exact) mass is 940 g/mol. The van der Waals surface area contributed by atoms with Gasteiger partial charge in [-0.2, -0.15) is 0 Å². The molecule has 392 valence electrons. The van der Waals surface area contributed by atoms with Crippen molar-refractivity contribution >= 4 is 11.9 Å². The van der Waals surface area contributed by atoms with Crippen LogP contribution in [0.2, 0.25) is 0 Å². The van der Waals surface area contributed by atoms with Gasteiger partial charge in [0.25, 0.3) is 0 Å². The van der Waals surface area contributed by atoms with Crippen molar-refractivity contribution in [2.75, 3.05) is 13.2 Å². The Kier molecular flexibility index (Phi) is 54.6. The molecule has 0 saturated heterocycles. The molecule has 2 unspecified atom stereocenters. The van der Waals surface area contributed by atoms with Crippen LogP contribution in [0.3, 0.4) is 0 Å². The third kappa shape index (κ3) is 53.0. The lowest BCUT2D eigenvalue weighted by molar-refractivity contribution is -0.143. The summed E-state index contributed by atoms with van der Waals surface area (Å²) in [7, 11) is 0. The molecule has 0 bridgehead atoms. The highest BCUT2D eigenvalue weighted by molar-refractivity contribution is 5.76. The molecule has 2 atom stereocenters. The van der Waals surface area contributed by atoms with Crippen molar-refractivity contribution in [2.45, 2.75) is 315 Å². The molecule has 0 spiro atoms. The zero-order chi connectivity index (χ0) is 48.6. The summed E-state index contributed by atoms with van der Waals surface area (Å²) in [5, 5.41) is 23.1. The van der Waals surface area contributed by atoms with Crippen molar-refractivity contribution in [2.24, 2.45) is 0 Å². The Morgan fingerprint density at radius 1 is 0.418 bits per heavy atom. The van der Waals surface area contributed by atoms with Gasteiger partial charge in [0.05, 0.1) is 25.4 Å². The van der Waals surface area contributed by atoms with Crippen LogP contribution in [0, 0.1) is 0 Å². The van der Waals surface area contributed by atoms with Crippen LogP contribution in [-0.2, 0) is 14.3 Å². The van der Waals surface area contributed by atoms with Gasteiger partial charge in [0.15, 0.2) is 0 Å². The fraction of sp³-hybridized carbons (Fsp3) is 0.836. The number of esters is 1. The SMILES string of the molecule is CCCCCCCCC/C=C\CCCCCCCCCC(=O)OCCCCCCCC/C=C\C/C=C\CCC(=O)NC(CO)C(O)/C=C/CCCCCCCCCCCCCCCCCCC. The van der Waals surface area contributed by atoms with Gasteiger partial charge in [-0.15, -0.1) is 0 Å². The molecule has 0 saturated carbocycles. The van der Waals surface area contributed by atoms with E-state index in [-0.39, 0.29) is 18.5 Å². The number of carbonyl (C=O) groups is 2. The number of unbranched alkanes of at least 4 members (excludes halogenated alkanes) is 37. The average Bonchev–Trinajstić information content (AvgIpc) is 3.33. The van der Waals surface area contributed by atoms with Gasteiger partial charge in [0.1, 0.15) is 0 Å². The third-order valence-electron chi connectivity index (χ3n) is 13.3.